The number of hydrogen-bond acceptors (Lipinski definition) is 4. The molecule has 3 heterocycles. The Hall–Kier alpha value is -2.99. The quantitative estimate of drug-likeness (QED) is 0.453. The van der Waals surface area contributed by atoms with Crippen LogP contribution in [0, 0.1) is 6.92 Å². The van der Waals surface area contributed by atoms with Gasteiger partial charge in [-0.15, -0.1) is 10.9 Å². The van der Waals surface area contributed by atoms with Crippen LogP contribution in [0.25, 0.3) is 22.2 Å². The average Bonchev–Trinajstić information content (AvgIpc) is 3.09. The highest BCUT2D eigenvalue weighted by atomic mass is 35.5. The fraction of sp³-hybridized carbons (Fsp3) is 0.100. The average molecular weight is 417 g/mol. The van der Waals surface area contributed by atoms with Crippen molar-refractivity contribution in [2.24, 2.45) is 7.05 Å². The number of benzene rings is 1. The third kappa shape index (κ3) is 3.65. The lowest BCUT2D eigenvalue weighted by Crippen LogP contribution is -2.50. The Morgan fingerprint density at radius 1 is 0.935 bits per heavy atom. The van der Waals surface area contributed by atoms with Gasteiger partial charge in [0.25, 0.3) is 5.91 Å². The van der Waals surface area contributed by atoms with E-state index in [9.17, 15) is 4.79 Å². The summed E-state index contributed by atoms with van der Waals surface area (Å²) in [5.41, 5.74) is 1.53. The van der Waals surface area contributed by atoms with E-state index in [2.05, 4.69) is 20.3 Å². The molecule has 3 aromatic heterocycles. The minimum absolute atomic E-state index is 0.000655. The van der Waals surface area contributed by atoms with E-state index < -0.39 is 5.91 Å². The zero-order valence-corrected chi connectivity index (χ0v) is 17.5. The number of pyridine rings is 2. The second-order valence-electron chi connectivity index (χ2n) is 7.03. The van der Waals surface area contributed by atoms with Crippen molar-refractivity contribution in [2.45, 2.75) is 6.92 Å². The van der Waals surface area contributed by atoms with Gasteiger partial charge in [0, 0.05) is 29.9 Å². The van der Waals surface area contributed by atoms with Crippen molar-refractivity contribution in [3.8, 4) is 11.4 Å². The summed E-state index contributed by atoms with van der Waals surface area (Å²) in [5.74, 6) is 0.556. The van der Waals surface area contributed by atoms with Crippen LogP contribution >= 0.6 is 11.6 Å². The molecule has 142 valence electrons. The number of imidazole rings is 1. The fourth-order valence-corrected chi connectivity index (χ4v) is 3.47. The Morgan fingerprint density at radius 2 is 1.61 bits per heavy atom. The zero-order valence-electron chi connectivity index (χ0n) is 16.8. The molecule has 0 unspecified atom stereocenters. The van der Waals surface area contributed by atoms with Gasteiger partial charge in [-0.25, -0.2) is 9.97 Å². The van der Waals surface area contributed by atoms with Gasteiger partial charge in [-0.2, -0.15) is 0 Å². The summed E-state index contributed by atoms with van der Waals surface area (Å²) in [7, 11) is 25.3. The first kappa shape index (κ1) is 21.2. The summed E-state index contributed by atoms with van der Waals surface area (Å²) in [6, 6.07) is 3.61. The zero-order chi connectivity index (χ0) is 22.4. The maximum Gasteiger partial charge on any atom is 0.257 e. The molecule has 0 saturated carbocycles. The van der Waals surface area contributed by atoms with Crippen molar-refractivity contribution in [3.05, 3.63) is 47.1 Å². The number of aryl methyl sites for hydroxylation is 1. The SMILES string of the molecule is [B]c1c([B])c([B])c(C(=O)Nc2cc3cc(-c4cnc(C)n4C)ncc3cn2)c(Cl)c1[B]. The maximum atomic E-state index is 12.9. The van der Waals surface area contributed by atoms with Crippen molar-refractivity contribution >= 4 is 87.3 Å². The second-order valence-corrected chi connectivity index (χ2v) is 7.41. The van der Waals surface area contributed by atoms with Crippen LogP contribution in [0.3, 0.4) is 0 Å². The summed E-state index contributed by atoms with van der Waals surface area (Å²) < 4.78 is 1.94. The molecule has 0 fully saturated rings. The lowest BCUT2D eigenvalue weighted by atomic mass is 9.65. The predicted octanol–water partition coefficient (Wildman–Crippen LogP) is -0.580. The second kappa shape index (κ2) is 7.93. The lowest BCUT2D eigenvalue weighted by molar-refractivity contribution is 0.102. The van der Waals surface area contributed by atoms with Crippen LogP contribution in [0.5, 0.6) is 0 Å². The van der Waals surface area contributed by atoms with Gasteiger partial charge in [0.1, 0.15) is 43.0 Å². The number of nitrogens with one attached hydrogen (secondary N) is 1. The molecule has 0 atom stereocenters. The molecule has 31 heavy (non-hydrogen) atoms. The van der Waals surface area contributed by atoms with E-state index >= 15 is 0 Å². The van der Waals surface area contributed by atoms with Crippen LogP contribution in [0.4, 0.5) is 5.82 Å². The molecule has 0 aliphatic carbocycles. The lowest BCUT2D eigenvalue weighted by Gasteiger charge is -2.18. The molecule has 1 amide bonds. The van der Waals surface area contributed by atoms with E-state index in [0.717, 1.165) is 28.0 Å². The van der Waals surface area contributed by atoms with Crippen LogP contribution in [-0.4, -0.2) is 56.8 Å². The minimum atomic E-state index is -0.607. The number of halogens is 1. The Bertz CT molecular complexity index is 1340. The first-order valence-electron chi connectivity index (χ1n) is 9.16. The minimum Gasteiger partial charge on any atom is -0.330 e. The summed E-state index contributed by atoms with van der Waals surface area (Å²) >= 11 is 6.20. The molecule has 0 bridgehead atoms. The smallest absolute Gasteiger partial charge is 0.257 e. The van der Waals surface area contributed by atoms with Gasteiger partial charge in [0.15, 0.2) is 0 Å². The summed E-state index contributed by atoms with van der Waals surface area (Å²) in [5, 5.41) is 4.24. The molecule has 0 aliphatic rings. The number of fused-ring (bicyclic) bond motifs is 1. The van der Waals surface area contributed by atoms with Crippen LogP contribution in [0.15, 0.2) is 30.7 Å². The molecule has 4 aromatic rings. The third-order valence-electron chi connectivity index (χ3n) is 5.15. The Kier molecular flexibility index (Phi) is 5.43. The van der Waals surface area contributed by atoms with E-state index in [1.165, 1.54) is 0 Å². The van der Waals surface area contributed by atoms with Gasteiger partial charge in [-0.3, -0.25) is 9.78 Å². The van der Waals surface area contributed by atoms with Crippen molar-refractivity contribution < 1.29 is 4.79 Å². The van der Waals surface area contributed by atoms with Crippen LogP contribution in [-0.2, 0) is 7.05 Å². The monoisotopic (exact) mass is 417 g/mol. The number of carbonyl (C=O) groups excluding carboxylic acids is 1. The predicted molar refractivity (Wildman–Crippen MR) is 127 cm³/mol. The van der Waals surface area contributed by atoms with E-state index in [1.54, 1.807) is 24.7 Å². The van der Waals surface area contributed by atoms with Crippen LogP contribution in [0.1, 0.15) is 16.2 Å². The van der Waals surface area contributed by atoms with Gasteiger partial charge in [0.2, 0.25) is 0 Å². The van der Waals surface area contributed by atoms with Gasteiger partial charge in [-0.05, 0) is 24.4 Å². The van der Waals surface area contributed by atoms with Gasteiger partial charge in [0.05, 0.1) is 23.1 Å². The molecule has 0 spiro atoms. The highest BCUT2D eigenvalue weighted by Gasteiger charge is 2.19. The van der Waals surface area contributed by atoms with Crippen molar-refractivity contribution in [1.82, 2.24) is 19.5 Å². The van der Waals surface area contributed by atoms with Crippen molar-refractivity contribution in [2.75, 3.05) is 5.32 Å². The Labute approximate surface area is 189 Å². The molecule has 11 heteroatoms. The van der Waals surface area contributed by atoms with Gasteiger partial charge < -0.3 is 9.88 Å². The molecular formula is C20H12B4ClN5O. The molecule has 1 N–H and O–H groups in total. The number of anilines is 1. The Balaban J connectivity index is 1.71. The summed E-state index contributed by atoms with van der Waals surface area (Å²) in [4.78, 5) is 25.9. The first-order chi connectivity index (χ1) is 14.7. The number of hydrogen-bond donors (Lipinski definition) is 1. The highest BCUT2D eigenvalue weighted by Crippen LogP contribution is 2.24. The van der Waals surface area contributed by atoms with E-state index in [1.807, 2.05) is 24.6 Å². The molecule has 8 radical (unpaired) electrons. The molecule has 1 aromatic carbocycles. The fourth-order valence-electron chi connectivity index (χ4n) is 3.18. The number of amides is 1. The normalized spacial score (nSPS) is 11.1. The van der Waals surface area contributed by atoms with E-state index in [4.69, 9.17) is 43.0 Å². The van der Waals surface area contributed by atoms with E-state index in [-0.39, 0.29) is 32.4 Å². The molecule has 0 aliphatic heterocycles. The summed E-state index contributed by atoms with van der Waals surface area (Å²) in [6.07, 6.45) is 5.07. The molecular weight excluding hydrogens is 405 g/mol. The Morgan fingerprint density at radius 3 is 2.29 bits per heavy atom. The number of nitrogens with zero attached hydrogens (tertiary/aromatic N) is 4. The highest BCUT2D eigenvalue weighted by molar-refractivity contribution is 6.66. The topological polar surface area (TPSA) is 72.7 Å². The van der Waals surface area contributed by atoms with Crippen molar-refractivity contribution in [3.63, 3.8) is 0 Å². The largest absolute Gasteiger partial charge is 0.330 e. The van der Waals surface area contributed by atoms with Crippen LogP contribution in [0.2, 0.25) is 5.02 Å². The standard InChI is InChI=1S/C20H12B4ClN5O/c1-8-26-7-12(30(8)2)11-3-9-4-13(28-6-10(9)5-27-11)29-20(31)14-15(21)16(22)17(23)18(24)19(14)25/h3-7H,1-2H3,(H,28,29,31). The maximum absolute atomic E-state index is 12.9. The number of carbonyl (C=O) groups is 1. The summed E-state index contributed by atoms with van der Waals surface area (Å²) in [6.45, 7) is 1.91. The molecule has 6 nitrogen and oxygen atoms in total. The molecule has 0 saturated heterocycles. The van der Waals surface area contributed by atoms with Gasteiger partial charge >= 0.3 is 0 Å². The van der Waals surface area contributed by atoms with Crippen molar-refractivity contribution in [1.29, 1.82) is 0 Å². The third-order valence-corrected chi connectivity index (χ3v) is 5.54. The van der Waals surface area contributed by atoms with E-state index in [0.29, 0.717) is 5.82 Å². The van der Waals surface area contributed by atoms with Crippen LogP contribution < -0.4 is 27.2 Å². The number of aromatic nitrogens is 4. The number of rotatable bonds is 3. The van der Waals surface area contributed by atoms with Gasteiger partial charge in [-0.1, -0.05) is 22.5 Å². The molecule has 4 rings (SSSR count). The first-order valence-corrected chi connectivity index (χ1v) is 9.54.